The van der Waals surface area contributed by atoms with Crippen LogP contribution in [0.5, 0.6) is 5.75 Å². The van der Waals surface area contributed by atoms with E-state index in [1.54, 1.807) is 7.11 Å². The zero-order chi connectivity index (χ0) is 19.0. The highest BCUT2D eigenvalue weighted by Crippen LogP contribution is 2.53. The topological polar surface area (TPSA) is 70.1 Å². The maximum atomic E-state index is 11.7. The molecular formula is C21H29ClN2O4. The largest absolute Gasteiger partial charge is 0.496 e. The van der Waals surface area contributed by atoms with Gasteiger partial charge in [-0.3, -0.25) is 14.5 Å². The number of para-hydroxylation sites is 1. The van der Waals surface area contributed by atoms with Crippen LogP contribution in [0, 0.1) is 11.8 Å². The Morgan fingerprint density at radius 2 is 1.68 bits per heavy atom. The van der Waals surface area contributed by atoms with Gasteiger partial charge in [0.1, 0.15) is 11.4 Å². The number of carbonyl (C=O) groups is 2. The van der Waals surface area contributed by atoms with E-state index in [-0.39, 0.29) is 36.1 Å². The molecule has 0 radical (unpaired) electrons. The third-order valence-corrected chi connectivity index (χ3v) is 6.61. The van der Waals surface area contributed by atoms with E-state index in [1.165, 1.54) is 4.90 Å². The van der Waals surface area contributed by atoms with E-state index >= 15 is 0 Å². The fourth-order valence-corrected chi connectivity index (χ4v) is 5.26. The summed E-state index contributed by atoms with van der Waals surface area (Å²) in [7, 11) is 1.65. The van der Waals surface area contributed by atoms with Crippen molar-refractivity contribution >= 4 is 24.2 Å². The van der Waals surface area contributed by atoms with Crippen LogP contribution in [0.3, 0.4) is 0 Å². The Bertz CT molecular complexity index is 711. The highest BCUT2D eigenvalue weighted by Gasteiger charge is 2.54. The molecule has 2 saturated heterocycles. The molecule has 1 aromatic carbocycles. The molecule has 1 saturated carbocycles. The summed E-state index contributed by atoms with van der Waals surface area (Å²) < 4.78 is 5.51. The number of hydrogen-bond donors (Lipinski definition) is 1. The Kier molecular flexibility index (Phi) is 6.32. The van der Waals surface area contributed by atoms with E-state index in [0.29, 0.717) is 19.4 Å². The van der Waals surface area contributed by atoms with Gasteiger partial charge >= 0.3 is 0 Å². The van der Waals surface area contributed by atoms with Gasteiger partial charge in [-0.2, -0.15) is 0 Å². The number of nitrogens with zero attached hydrogens (tertiary/aromatic N) is 2. The van der Waals surface area contributed by atoms with Crippen LogP contribution >= 0.6 is 12.4 Å². The molecule has 2 unspecified atom stereocenters. The number of benzene rings is 1. The van der Waals surface area contributed by atoms with Crippen molar-refractivity contribution in [2.45, 2.75) is 37.7 Å². The van der Waals surface area contributed by atoms with Gasteiger partial charge in [0, 0.05) is 49.9 Å². The van der Waals surface area contributed by atoms with Gasteiger partial charge in [0.2, 0.25) is 11.8 Å². The van der Waals surface area contributed by atoms with Crippen molar-refractivity contribution < 1.29 is 19.4 Å². The minimum Gasteiger partial charge on any atom is -0.496 e. The number of ether oxygens (including phenoxy) is 1. The maximum Gasteiger partial charge on any atom is 0.229 e. The minimum atomic E-state index is -0.829. The number of fused-ring (bicyclic) bond motifs is 2. The molecule has 7 heteroatoms. The molecule has 154 valence electrons. The van der Waals surface area contributed by atoms with E-state index in [0.717, 1.165) is 50.2 Å². The highest BCUT2D eigenvalue weighted by molar-refractivity contribution is 6.01. The summed E-state index contributed by atoms with van der Waals surface area (Å²) in [6, 6.07) is 7.81. The number of hydrogen-bond acceptors (Lipinski definition) is 5. The lowest BCUT2D eigenvalue weighted by Crippen LogP contribution is -2.52. The number of rotatable bonds is 6. The smallest absolute Gasteiger partial charge is 0.229 e. The van der Waals surface area contributed by atoms with Crippen LogP contribution in [0.4, 0.5) is 0 Å². The first-order valence-corrected chi connectivity index (χ1v) is 9.95. The molecule has 2 bridgehead atoms. The lowest BCUT2D eigenvalue weighted by atomic mass is 9.75. The first kappa shape index (κ1) is 21.1. The van der Waals surface area contributed by atoms with Crippen molar-refractivity contribution in [1.29, 1.82) is 0 Å². The number of piperidine rings is 1. The van der Waals surface area contributed by atoms with Crippen molar-refractivity contribution in [1.82, 2.24) is 9.80 Å². The third-order valence-electron chi connectivity index (χ3n) is 6.61. The van der Waals surface area contributed by atoms with Crippen molar-refractivity contribution in [3.8, 4) is 5.75 Å². The Labute approximate surface area is 172 Å². The van der Waals surface area contributed by atoms with Crippen molar-refractivity contribution in [3.63, 3.8) is 0 Å². The maximum absolute atomic E-state index is 11.7. The van der Waals surface area contributed by atoms with E-state index in [1.807, 2.05) is 24.3 Å². The van der Waals surface area contributed by atoms with Crippen molar-refractivity contribution in [3.05, 3.63) is 29.8 Å². The van der Waals surface area contributed by atoms with Gasteiger partial charge in [-0.15, -0.1) is 12.4 Å². The molecule has 0 spiro atoms. The number of halogens is 1. The Morgan fingerprint density at radius 3 is 2.29 bits per heavy atom. The van der Waals surface area contributed by atoms with E-state index in [2.05, 4.69) is 4.90 Å². The summed E-state index contributed by atoms with van der Waals surface area (Å²) in [5.41, 5.74) is 0.0807. The third kappa shape index (κ3) is 3.53. The number of amides is 2. The molecule has 1 aliphatic carbocycles. The second kappa shape index (κ2) is 8.39. The fraction of sp³-hybridized carbons (Fsp3) is 0.619. The zero-order valence-electron chi connectivity index (χ0n) is 16.3. The van der Waals surface area contributed by atoms with E-state index in [4.69, 9.17) is 4.74 Å². The SMILES string of the molecule is COc1ccccc1C1(O)C2CCC1CN(CCCN1C(=O)CCC1=O)C2.Cl. The normalized spacial score (nSPS) is 29.9. The molecule has 1 aromatic rings. The van der Waals surface area contributed by atoms with Crippen LogP contribution in [0.15, 0.2) is 24.3 Å². The second-order valence-electron chi connectivity index (χ2n) is 8.05. The molecule has 2 heterocycles. The molecule has 3 fully saturated rings. The summed E-state index contributed by atoms with van der Waals surface area (Å²) in [6.07, 6.45) is 3.54. The molecule has 3 aliphatic rings. The monoisotopic (exact) mass is 408 g/mol. The number of likely N-dealkylation sites (tertiary alicyclic amines) is 2. The van der Waals surface area contributed by atoms with Crippen LogP contribution in [-0.2, 0) is 15.2 Å². The molecule has 4 rings (SSSR count). The highest BCUT2D eigenvalue weighted by atomic mass is 35.5. The summed E-state index contributed by atoms with van der Waals surface area (Å²) >= 11 is 0. The number of methoxy groups -OCH3 is 1. The fourth-order valence-electron chi connectivity index (χ4n) is 5.26. The Morgan fingerprint density at radius 1 is 1.07 bits per heavy atom. The van der Waals surface area contributed by atoms with E-state index < -0.39 is 5.60 Å². The number of carbonyl (C=O) groups excluding carboxylic acids is 2. The average molecular weight is 409 g/mol. The van der Waals surface area contributed by atoms with Gasteiger partial charge in [0.15, 0.2) is 0 Å². The standard InChI is InChI=1S/C21H28N2O4.ClH/c1-27-18-6-3-2-5-17(18)21(26)15-7-8-16(21)14-22(13-15)11-4-12-23-19(24)9-10-20(23)25;/h2-3,5-6,15-16,26H,4,7-14H2,1H3;1H. The lowest BCUT2D eigenvalue weighted by Gasteiger charge is -2.45. The first-order valence-electron chi connectivity index (χ1n) is 9.95. The summed E-state index contributed by atoms with van der Waals surface area (Å²) in [5, 5.41) is 11.6. The molecular weight excluding hydrogens is 380 g/mol. The zero-order valence-corrected chi connectivity index (χ0v) is 17.1. The number of imide groups is 1. The molecule has 6 nitrogen and oxygen atoms in total. The predicted octanol–water partition coefficient (Wildman–Crippen LogP) is 2.19. The molecule has 2 atom stereocenters. The van der Waals surface area contributed by atoms with Gasteiger partial charge < -0.3 is 14.7 Å². The summed E-state index contributed by atoms with van der Waals surface area (Å²) in [4.78, 5) is 27.3. The van der Waals surface area contributed by atoms with Crippen molar-refractivity contribution in [2.24, 2.45) is 11.8 Å². The quantitative estimate of drug-likeness (QED) is 0.730. The van der Waals surface area contributed by atoms with Gasteiger partial charge in [0.25, 0.3) is 0 Å². The average Bonchev–Trinajstić information content (AvgIpc) is 3.05. The molecule has 28 heavy (non-hydrogen) atoms. The summed E-state index contributed by atoms with van der Waals surface area (Å²) in [5.74, 6) is 1.05. The predicted molar refractivity (Wildman–Crippen MR) is 107 cm³/mol. The first-order chi connectivity index (χ1) is 13.0. The lowest BCUT2D eigenvalue weighted by molar-refractivity contribution is -0.138. The van der Waals surface area contributed by atoms with Crippen LogP contribution in [0.2, 0.25) is 0 Å². The molecule has 1 N–H and O–H groups in total. The van der Waals surface area contributed by atoms with Crippen molar-refractivity contribution in [2.75, 3.05) is 33.3 Å². The van der Waals surface area contributed by atoms with Crippen LogP contribution < -0.4 is 4.74 Å². The Hall–Kier alpha value is -1.63. The van der Waals surface area contributed by atoms with Gasteiger partial charge in [-0.05, 0) is 31.9 Å². The summed E-state index contributed by atoms with van der Waals surface area (Å²) in [6.45, 7) is 3.05. The Balaban J connectivity index is 0.00000225. The molecule has 0 aromatic heterocycles. The van der Waals surface area contributed by atoms with Crippen LogP contribution in [0.1, 0.15) is 37.7 Å². The van der Waals surface area contributed by atoms with Crippen LogP contribution in [0.25, 0.3) is 0 Å². The number of aliphatic hydroxyl groups is 1. The van der Waals surface area contributed by atoms with E-state index in [9.17, 15) is 14.7 Å². The molecule has 2 amide bonds. The molecule has 2 aliphatic heterocycles. The van der Waals surface area contributed by atoms with Gasteiger partial charge in [-0.1, -0.05) is 18.2 Å². The van der Waals surface area contributed by atoms with Crippen LogP contribution in [-0.4, -0.2) is 60.0 Å². The van der Waals surface area contributed by atoms with Gasteiger partial charge in [-0.25, -0.2) is 0 Å². The minimum absolute atomic E-state index is 0. The van der Waals surface area contributed by atoms with Gasteiger partial charge in [0.05, 0.1) is 7.11 Å². The second-order valence-corrected chi connectivity index (χ2v) is 8.05.